The van der Waals surface area contributed by atoms with Crippen LogP contribution in [-0.2, 0) is 13.0 Å². The van der Waals surface area contributed by atoms with E-state index in [1.165, 1.54) is 30.5 Å². The fourth-order valence-corrected chi connectivity index (χ4v) is 7.24. The van der Waals surface area contributed by atoms with E-state index in [9.17, 15) is 9.18 Å². The maximum absolute atomic E-state index is 14.4. The number of hydrogen-bond donors (Lipinski definition) is 2. The van der Waals surface area contributed by atoms with E-state index >= 15 is 0 Å². The molecule has 3 aromatic rings. The first-order chi connectivity index (χ1) is 19.4. The molecular formula is C32H41FN6O2. The van der Waals surface area contributed by atoms with Crippen LogP contribution in [0.3, 0.4) is 0 Å². The summed E-state index contributed by atoms with van der Waals surface area (Å²) in [4.78, 5) is 25.3. The number of guanidine groups is 1. The van der Waals surface area contributed by atoms with E-state index in [-0.39, 0.29) is 23.0 Å². The topological polar surface area (TPSA) is 97.8 Å². The van der Waals surface area contributed by atoms with Crippen LogP contribution in [-0.4, -0.2) is 52.2 Å². The Morgan fingerprint density at radius 3 is 2.63 bits per heavy atom. The molecule has 41 heavy (non-hydrogen) atoms. The number of methoxy groups -OCH3 is 1. The molecule has 1 saturated heterocycles. The van der Waals surface area contributed by atoms with Gasteiger partial charge in [-0.05, 0) is 79.2 Å². The largest absolute Gasteiger partial charge is 0.497 e. The van der Waals surface area contributed by atoms with Gasteiger partial charge in [-0.3, -0.25) is 9.36 Å². The molecule has 2 bridgehead atoms. The normalized spacial score (nSPS) is 26.3. The van der Waals surface area contributed by atoms with Gasteiger partial charge < -0.3 is 20.7 Å². The van der Waals surface area contributed by atoms with Crippen LogP contribution >= 0.6 is 0 Å². The van der Waals surface area contributed by atoms with Gasteiger partial charge in [-0.15, -0.1) is 0 Å². The van der Waals surface area contributed by atoms with E-state index in [2.05, 4.69) is 42.9 Å². The fraction of sp³-hybridized carbons (Fsp3) is 0.531. The minimum Gasteiger partial charge on any atom is -0.497 e. The van der Waals surface area contributed by atoms with Gasteiger partial charge in [-0.25, -0.2) is 14.4 Å². The lowest BCUT2D eigenvalue weighted by atomic mass is 9.45. The summed E-state index contributed by atoms with van der Waals surface area (Å²) in [5, 5.41) is 4.07. The van der Waals surface area contributed by atoms with Crippen LogP contribution < -0.4 is 21.3 Å². The van der Waals surface area contributed by atoms with Gasteiger partial charge in [0.1, 0.15) is 11.6 Å². The summed E-state index contributed by atoms with van der Waals surface area (Å²) in [7, 11) is 1.50. The zero-order valence-corrected chi connectivity index (χ0v) is 24.7. The molecule has 2 aromatic carbocycles. The summed E-state index contributed by atoms with van der Waals surface area (Å²) in [6, 6.07) is 10.6. The van der Waals surface area contributed by atoms with Crippen molar-refractivity contribution in [1.82, 2.24) is 14.5 Å². The Hall–Kier alpha value is -3.46. The van der Waals surface area contributed by atoms with Crippen LogP contribution in [0.15, 0.2) is 52.5 Å². The van der Waals surface area contributed by atoms with Gasteiger partial charge in [0.15, 0.2) is 5.96 Å². The second-order valence-electron chi connectivity index (χ2n) is 13.3. The lowest BCUT2D eigenvalue weighted by Gasteiger charge is -2.61. The zero-order valence-electron chi connectivity index (χ0n) is 24.7. The number of nitrogens with one attached hydrogen (secondary N) is 1. The highest BCUT2D eigenvalue weighted by Gasteiger charge is 2.56. The third-order valence-electron chi connectivity index (χ3n) is 9.97. The number of nitrogens with two attached hydrogens (primary N) is 1. The molecule has 3 saturated carbocycles. The monoisotopic (exact) mass is 560 g/mol. The Labute approximate surface area is 240 Å². The van der Waals surface area contributed by atoms with Crippen LogP contribution in [0.1, 0.15) is 46.1 Å². The smallest absolute Gasteiger partial charge is 0.261 e. The third-order valence-corrected chi connectivity index (χ3v) is 9.97. The highest BCUT2D eigenvalue weighted by atomic mass is 19.1. The Kier molecular flexibility index (Phi) is 6.83. The van der Waals surface area contributed by atoms with E-state index in [1.54, 1.807) is 18.2 Å². The van der Waals surface area contributed by atoms with Gasteiger partial charge in [0.2, 0.25) is 0 Å². The van der Waals surface area contributed by atoms with Crippen LogP contribution in [0.2, 0.25) is 0 Å². The number of anilines is 1. The zero-order chi connectivity index (χ0) is 29.1. The van der Waals surface area contributed by atoms with Crippen molar-refractivity contribution in [2.75, 3.05) is 25.5 Å². The predicted molar refractivity (Wildman–Crippen MR) is 161 cm³/mol. The molecule has 8 nitrogen and oxygen atoms in total. The van der Waals surface area contributed by atoms with Crippen LogP contribution in [0, 0.1) is 29.0 Å². The van der Waals surface area contributed by atoms with Gasteiger partial charge in [0, 0.05) is 36.9 Å². The van der Waals surface area contributed by atoms with E-state index in [0.717, 1.165) is 37.1 Å². The van der Waals surface area contributed by atoms with Crippen molar-refractivity contribution in [2.24, 2.45) is 33.9 Å². The van der Waals surface area contributed by atoms with Crippen molar-refractivity contribution in [2.45, 2.75) is 65.1 Å². The van der Waals surface area contributed by atoms with Gasteiger partial charge in [-0.1, -0.05) is 26.8 Å². The van der Waals surface area contributed by atoms with E-state index in [4.69, 9.17) is 15.5 Å². The van der Waals surface area contributed by atoms with Crippen molar-refractivity contribution >= 4 is 22.5 Å². The second-order valence-corrected chi connectivity index (χ2v) is 13.3. The number of fused-ring (bicyclic) bond motifs is 3. The molecule has 4 atom stereocenters. The predicted octanol–water partition coefficient (Wildman–Crippen LogP) is 4.66. The van der Waals surface area contributed by atoms with Crippen molar-refractivity contribution < 1.29 is 9.13 Å². The third kappa shape index (κ3) is 5.09. The summed E-state index contributed by atoms with van der Waals surface area (Å²) in [5.41, 5.74) is 8.35. The Morgan fingerprint density at radius 1 is 1.20 bits per heavy atom. The van der Waals surface area contributed by atoms with E-state index < -0.39 is 0 Å². The Bertz CT molecular complexity index is 1560. The van der Waals surface area contributed by atoms with Crippen LogP contribution in [0.25, 0.3) is 10.9 Å². The molecule has 4 aliphatic rings. The number of nitrogens with zero attached hydrogens (tertiary/aromatic N) is 4. The molecule has 0 spiro atoms. The summed E-state index contributed by atoms with van der Waals surface area (Å²) >= 11 is 0. The summed E-state index contributed by atoms with van der Waals surface area (Å²) in [6.07, 6.45) is 4.34. The summed E-state index contributed by atoms with van der Waals surface area (Å²) < 4.78 is 21.0. The minimum absolute atomic E-state index is 0.149. The molecule has 1 aliphatic heterocycles. The second kappa shape index (κ2) is 10.1. The molecular weight excluding hydrogens is 519 g/mol. The Balaban J connectivity index is 1.21. The van der Waals surface area contributed by atoms with Crippen molar-refractivity contribution in [3.8, 4) is 5.75 Å². The number of benzene rings is 2. The maximum Gasteiger partial charge on any atom is 0.261 e. The molecule has 0 amide bonds. The molecule has 4 fully saturated rings. The van der Waals surface area contributed by atoms with Crippen LogP contribution in [0.4, 0.5) is 10.1 Å². The highest BCUT2D eigenvalue weighted by molar-refractivity contribution is 5.96. The standard InChI is InChI=1S/C32H41FN6O2/c1-19-25-12-21(31(25,2)3)13-27(19)37-30(39-16-32(4,34)17-39)36-22-7-9-24-28(14-22)35-18-38(29(24)40)11-10-20-6-8-23(41-5)15-26(20)33/h6-9,14-15,18-19,21,25,27H,10-13,16-17,34H2,1-5H3,(H,36,37)/t19?,21-,25+,27?/m0/s1. The van der Waals surface area contributed by atoms with Crippen LogP contribution in [0.5, 0.6) is 5.75 Å². The summed E-state index contributed by atoms with van der Waals surface area (Å²) in [5.74, 6) is 2.93. The number of aromatic nitrogens is 2. The molecule has 218 valence electrons. The van der Waals surface area contributed by atoms with Gasteiger partial charge in [0.25, 0.3) is 5.56 Å². The first-order valence-corrected chi connectivity index (χ1v) is 14.7. The number of halogens is 1. The highest BCUT2D eigenvalue weighted by Crippen LogP contribution is 2.61. The average Bonchev–Trinajstić information content (AvgIpc) is 2.92. The Morgan fingerprint density at radius 2 is 1.98 bits per heavy atom. The summed E-state index contributed by atoms with van der Waals surface area (Å²) in [6.45, 7) is 11.0. The first kappa shape index (κ1) is 27.7. The number of aryl methyl sites for hydroxylation is 2. The van der Waals surface area contributed by atoms with Crippen molar-refractivity contribution in [3.05, 3.63) is 64.5 Å². The number of rotatable bonds is 6. The molecule has 2 unspecified atom stereocenters. The number of hydrogen-bond acceptors (Lipinski definition) is 5. The maximum atomic E-state index is 14.4. The van der Waals surface area contributed by atoms with Gasteiger partial charge >= 0.3 is 0 Å². The number of aliphatic imine (C=N–C) groups is 1. The van der Waals surface area contributed by atoms with Crippen molar-refractivity contribution in [1.29, 1.82) is 0 Å². The molecule has 3 N–H and O–H groups in total. The van der Waals surface area contributed by atoms with E-state index in [0.29, 0.717) is 52.4 Å². The molecule has 9 heteroatoms. The molecule has 3 aliphatic carbocycles. The quantitative estimate of drug-likeness (QED) is 0.336. The first-order valence-electron chi connectivity index (χ1n) is 14.7. The fourth-order valence-electron chi connectivity index (χ4n) is 7.24. The molecule has 2 heterocycles. The lowest BCUT2D eigenvalue weighted by molar-refractivity contribution is -0.108. The molecule has 7 rings (SSSR count). The van der Waals surface area contributed by atoms with Gasteiger partial charge in [-0.2, -0.15) is 0 Å². The lowest BCUT2D eigenvalue weighted by Crippen LogP contribution is -2.68. The molecule has 1 aromatic heterocycles. The van der Waals surface area contributed by atoms with Crippen molar-refractivity contribution in [3.63, 3.8) is 0 Å². The minimum atomic E-state index is -0.347. The number of ether oxygens (including phenoxy) is 1. The number of likely N-dealkylation sites (tertiary alicyclic amines) is 1. The SMILES string of the molecule is COc1ccc(CCn2cnc3cc(NC(=NC4C[C@@H]5C[C@H](C4C)C5(C)C)N4CC(C)(N)C4)ccc3c2=O)c(F)c1. The average molecular weight is 561 g/mol. The van der Waals surface area contributed by atoms with E-state index in [1.807, 2.05) is 12.1 Å². The molecule has 0 radical (unpaired) electrons. The van der Waals surface area contributed by atoms with Gasteiger partial charge in [0.05, 0.1) is 30.4 Å².